The topological polar surface area (TPSA) is 55.3 Å². The molecule has 4 N–H and O–H groups in total. The number of nitrogens with zero attached hydrogens (tertiary/aromatic N) is 1. The first kappa shape index (κ1) is 8.48. The van der Waals surface area contributed by atoms with E-state index < -0.39 is 0 Å². The fourth-order valence-electron chi connectivity index (χ4n) is 3.19. The molecule has 0 bridgehead atoms. The van der Waals surface area contributed by atoms with Crippen LogP contribution in [-0.4, -0.2) is 36.1 Å². The van der Waals surface area contributed by atoms with Crippen LogP contribution in [0.3, 0.4) is 0 Å². The van der Waals surface area contributed by atoms with Crippen LogP contribution in [0.2, 0.25) is 0 Å². The quantitative estimate of drug-likeness (QED) is 0.526. The summed E-state index contributed by atoms with van der Waals surface area (Å²) in [6.07, 6.45) is 2.18. The molecule has 3 nitrogen and oxygen atoms in total. The molecule has 1 unspecified atom stereocenters. The summed E-state index contributed by atoms with van der Waals surface area (Å²) >= 11 is 0. The number of hydrogen-bond donors (Lipinski definition) is 2. The molecule has 1 aliphatic heterocycles. The van der Waals surface area contributed by atoms with Gasteiger partial charge < -0.3 is 16.4 Å². The zero-order valence-electron chi connectivity index (χ0n) is 8.01. The molecule has 70 valence electrons. The molecule has 0 aromatic rings. The van der Waals surface area contributed by atoms with E-state index in [1.165, 1.54) is 0 Å². The van der Waals surface area contributed by atoms with Crippen molar-refractivity contribution in [3.05, 3.63) is 0 Å². The molecular weight excluding hydrogens is 150 g/mol. The van der Waals surface area contributed by atoms with Crippen molar-refractivity contribution in [3.63, 3.8) is 0 Å². The van der Waals surface area contributed by atoms with E-state index >= 15 is 0 Å². The molecule has 1 saturated carbocycles. The normalized spacial score (nSPS) is 54.5. The van der Waals surface area contributed by atoms with Crippen molar-refractivity contribution in [1.29, 1.82) is 0 Å². The molecule has 0 aromatic heterocycles. The largest absolute Gasteiger partial charge is 0.322 e. The lowest BCUT2D eigenvalue weighted by Crippen LogP contribution is -2.61. The predicted octanol–water partition coefficient (Wildman–Crippen LogP) is -0.243. The molecule has 1 saturated heterocycles. The zero-order valence-corrected chi connectivity index (χ0v) is 8.01. The standard InChI is InChI=1S/C9H19N3/c1-7-3-8(10)5-12(2)6-9(8,11)4-7/h7H,3-6,10-11H2,1-2H3/t7?,8-,9+. The maximum absolute atomic E-state index is 6.31. The Hall–Kier alpha value is -0.120. The highest BCUT2D eigenvalue weighted by atomic mass is 15.2. The Balaban J connectivity index is 2.27. The van der Waals surface area contributed by atoms with Crippen molar-refractivity contribution in [2.75, 3.05) is 20.1 Å². The minimum Gasteiger partial charge on any atom is -0.322 e. The van der Waals surface area contributed by atoms with Gasteiger partial charge in [-0.05, 0) is 25.8 Å². The first-order chi connectivity index (χ1) is 5.45. The highest BCUT2D eigenvalue weighted by Gasteiger charge is 2.57. The van der Waals surface area contributed by atoms with E-state index in [1.807, 2.05) is 0 Å². The first-order valence-corrected chi connectivity index (χ1v) is 4.72. The van der Waals surface area contributed by atoms with Crippen molar-refractivity contribution in [1.82, 2.24) is 4.90 Å². The van der Waals surface area contributed by atoms with Crippen molar-refractivity contribution in [2.45, 2.75) is 30.8 Å². The Morgan fingerprint density at radius 1 is 1.17 bits per heavy atom. The molecule has 2 fully saturated rings. The van der Waals surface area contributed by atoms with E-state index in [4.69, 9.17) is 11.5 Å². The third-order valence-electron chi connectivity index (χ3n) is 3.52. The van der Waals surface area contributed by atoms with Gasteiger partial charge in [0.2, 0.25) is 0 Å². The molecule has 12 heavy (non-hydrogen) atoms. The van der Waals surface area contributed by atoms with Crippen LogP contribution in [0.25, 0.3) is 0 Å². The molecule has 1 aliphatic carbocycles. The van der Waals surface area contributed by atoms with Gasteiger partial charge in [0.25, 0.3) is 0 Å². The van der Waals surface area contributed by atoms with Crippen LogP contribution in [0.15, 0.2) is 0 Å². The van der Waals surface area contributed by atoms with Crippen LogP contribution in [0.1, 0.15) is 19.8 Å². The third-order valence-corrected chi connectivity index (χ3v) is 3.52. The summed E-state index contributed by atoms with van der Waals surface area (Å²) in [5.41, 5.74) is 12.4. The molecule has 0 spiro atoms. The first-order valence-electron chi connectivity index (χ1n) is 4.72. The molecule has 2 aliphatic rings. The number of hydrogen-bond acceptors (Lipinski definition) is 3. The van der Waals surface area contributed by atoms with Gasteiger partial charge in [-0.3, -0.25) is 0 Å². The minimum atomic E-state index is -0.110. The number of likely N-dealkylation sites (tertiary alicyclic amines) is 1. The monoisotopic (exact) mass is 169 g/mol. The molecular formula is C9H19N3. The van der Waals surface area contributed by atoms with Crippen LogP contribution < -0.4 is 11.5 Å². The van der Waals surface area contributed by atoms with Crippen LogP contribution >= 0.6 is 0 Å². The van der Waals surface area contributed by atoms with Crippen LogP contribution in [0.4, 0.5) is 0 Å². The second-order valence-corrected chi connectivity index (χ2v) is 5.00. The maximum Gasteiger partial charge on any atom is 0.0480 e. The van der Waals surface area contributed by atoms with Gasteiger partial charge in [0, 0.05) is 24.2 Å². The second-order valence-electron chi connectivity index (χ2n) is 5.00. The minimum absolute atomic E-state index is 0.110. The molecule has 0 amide bonds. The second kappa shape index (κ2) is 2.22. The molecule has 0 radical (unpaired) electrons. The number of nitrogens with two attached hydrogens (primary N) is 2. The van der Waals surface area contributed by atoms with Crippen molar-refractivity contribution in [2.24, 2.45) is 17.4 Å². The van der Waals surface area contributed by atoms with E-state index in [1.54, 1.807) is 0 Å². The van der Waals surface area contributed by atoms with E-state index in [0.717, 1.165) is 25.9 Å². The number of fused-ring (bicyclic) bond motifs is 1. The summed E-state index contributed by atoms with van der Waals surface area (Å²) in [4.78, 5) is 2.26. The summed E-state index contributed by atoms with van der Waals surface area (Å²) in [5.74, 6) is 0.702. The summed E-state index contributed by atoms with van der Waals surface area (Å²) in [5, 5.41) is 0. The van der Waals surface area contributed by atoms with E-state index in [0.29, 0.717) is 5.92 Å². The molecule has 1 heterocycles. The fourth-order valence-corrected chi connectivity index (χ4v) is 3.19. The zero-order chi connectivity index (χ0) is 8.98. The number of rotatable bonds is 0. The van der Waals surface area contributed by atoms with Gasteiger partial charge in [-0.1, -0.05) is 6.92 Å². The summed E-state index contributed by atoms with van der Waals surface area (Å²) < 4.78 is 0. The Labute approximate surface area is 74.1 Å². The summed E-state index contributed by atoms with van der Waals surface area (Å²) in [7, 11) is 2.10. The fraction of sp³-hybridized carbons (Fsp3) is 1.00. The summed E-state index contributed by atoms with van der Waals surface area (Å²) in [6, 6.07) is 0. The number of likely N-dealkylation sites (N-methyl/N-ethyl adjacent to an activating group) is 1. The highest BCUT2D eigenvalue weighted by molar-refractivity contribution is 5.19. The third kappa shape index (κ3) is 0.934. The molecule has 2 rings (SSSR count). The van der Waals surface area contributed by atoms with Gasteiger partial charge in [0.15, 0.2) is 0 Å². The van der Waals surface area contributed by atoms with E-state index in [2.05, 4.69) is 18.9 Å². The Morgan fingerprint density at radius 2 is 1.58 bits per heavy atom. The lowest BCUT2D eigenvalue weighted by atomic mass is 9.85. The van der Waals surface area contributed by atoms with Crippen LogP contribution in [-0.2, 0) is 0 Å². The predicted molar refractivity (Wildman–Crippen MR) is 49.7 cm³/mol. The Morgan fingerprint density at radius 3 is 2.00 bits per heavy atom. The highest BCUT2D eigenvalue weighted by Crippen LogP contribution is 2.43. The van der Waals surface area contributed by atoms with Gasteiger partial charge in [-0.25, -0.2) is 0 Å². The van der Waals surface area contributed by atoms with E-state index in [9.17, 15) is 0 Å². The average Bonchev–Trinajstić information content (AvgIpc) is 2.09. The average molecular weight is 169 g/mol. The molecule has 3 heteroatoms. The Kier molecular flexibility index (Phi) is 1.57. The van der Waals surface area contributed by atoms with Crippen molar-refractivity contribution in [3.8, 4) is 0 Å². The van der Waals surface area contributed by atoms with Crippen LogP contribution in [0, 0.1) is 5.92 Å². The lowest BCUT2D eigenvalue weighted by molar-refractivity contribution is 0.338. The SMILES string of the molecule is CC1C[C@@]2(N)CN(C)C[C@@]2(N)C1. The molecule has 0 aromatic carbocycles. The van der Waals surface area contributed by atoms with Gasteiger partial charge in [0.05, 0.1) is 0 Å². The van der Waals surface area contributed by atoms with Gasteiger partial charge >= 0.3 is 0 Å². The van der Waals surface area contributed by atoms with E-state index in [-0.39, 0.29) is 11.1 Å². The van der Waals surface area contributed by atoms with Crippen LogP contribution in [0.5, 0.6) is 0 Å². The summed E-state index contributed by atoms with van der Waals surface area (Å²) in [6.45, 7) is 4.18. The smallest absolute Gasteiger partial charge is 0.0480 e. The van der Waals surface area contributed by atoms with Crippen molar-refractivity contribution < 1.29 is 0 Å². The van der Waals surface area contributed by atoms with Gasteiger partial charge in [-0.2, -0.15) is 0 Å². The lowest BCUT2D eigenvalue weighted by Gasteiger charge is -2.32. The van der Waals surface area contributed by atoms with Gasteiger partial charge in [-0.15, -0.1) is 0 Å². The molecule has 3 atom stereocenters. The Bertz CT molecular complexity index is 168. The maximum atomic E-state index is 6.31. The van der Waals surface area contributed by atoms with Crippen molar-refractivity contribution >= 4 is 0 Å². The van der Waals surface area contributed by atoms with Gasteiger partial charge in [0.1, 0.15) is 0 Å².